The van der Waals surface area contributed by atoms with Crippen molar-refractivity contribution in [2.75, 3.05) is 21.3 Å². The van der Waals surface area contributed by atoms with Crippen LogP contribution in [0.15, 0.2) is 21.7 Å². The Bertz CT molecular complexity index is 556. The molecule has 0 aliphatic heterocycles. The molecule has 5 heteroatoms. The van der Waals surface area contributed by atoms with Crippen molar-refractivity contribution < 1.29 is 29.3 Å². The van der Waals surface area contributed by atoms with Crippen LogP contribution >= 0.6 is 0 Å². The van der Waals surface area contributed by atoms with E-state index >= 15 is 0 Å². The molecule has 0 heterocycles. The average molecular weight is 664 g/mol. The van der Waals surface area contributed by atoms with Crippen LogP contribution in [0.3, 0.4) is 0 Å². The SMILES string of the molecule is CCCCCCCCCCCCCCCCC(C1=[C]([Pt]([CH3])([CH3])[CH3])CC=C1)[Si](OC)(OC)OC. The maximum atomic E-state index is 5.99. The van der Waals surface area contributed by atoms with E-state index in [0.29, 0.717) is 0 Å². The first-order chi connectivity index (χ1) is 15.9. The molecule has 1 unspecified atom stereocenters. The van der Waals surface area contributed by atoms with Crippen LogP contribution in [0.1, 0.15) is 110 Å². The number of allylic oxidation sites excluding steroid dienone is 4. The molecule has 0 aromatic heterocycles. The van der Waals surface area contributed by atoms with E-state index in [1.54, 1.807) is 25.3 Å². The van der Waals surface area contributed by atoms with Gasteiger partial charge in [0.1, 0.15) is 0 Å². The second-order valence-electron chi connectivity index (χ2n) is 10.0. The second-order valence-corrected chi connectivity index (χ2v) is 24.7. The van der Waals surface area contributed by atoms with Gasteiger partial charge in [-0.15, -0.1) is 0 Å². The fourth-order valence-electron chi connectivity index (χ4n) is 4.99. The van der Waals surface area contributed by atoms with Gasteiger partial charge in [-0.05, 0) is 0 Å². The van der Waals surface area contributed by atoms with Crippen molar-refractivity contribution in [1.82, 2.24) is 0 Å². The summed E-state index contributed by atoms with van der Waals surface area (Å²) >= 11 is -1.84. The molecule has 0 bridgehead atoms. The van der Waals surface area contributed by atoms with Gasteiger partial charge in [0.2, 0.25) is 0 Å². The fraction of sp³-hybridized carbons (Fsp3) is 0.857. The van der Waals surface area contributed by atoms with Gasteiger partial charge >= 0.3 is 167 Å². The summed E-state index contributed by atoms with van der Waals surface area (Å²) in [6.45, 7) is 2.29. The maximum absolute atomic E-state index is 5.99. The summed E-state index contributed by atoms with van der Waals surface area (Å²) in [6, 6.07) is 0. The van der Waals surface area contributed by atoms with Crippen molar-refractivity contribution in [2.45, 2.75) is 131 Å². The Morgan fingerprint density at radius 1 is 0.727 bits per heavy atom. The van der Waals surface area contributed by atoms with Crippen molar-refractivity contribution in [3.8, 4) is 0 Å². The van der Waals surface area contributed by atoms with Crippen molar-refractivity contribution in [2.24, 2.45) is 0 Å². The normalized spacial score (nSPS) is 16.1. The minimum atomic E-state index is -2.72. The number of hydrogen-bond acceptors (Lipinski definition) is 3. The van der Waals surface area contributed by atoms with Crippen molar-refractivity contribution in [1.29, 1.82) is 0 Å². The number of unbranched alkanes of at least 4 members (excludes halogenated alkanes) is 13. The van der Waals surface area contributed by atoms with Crippen molar-refractivity contribution in [3.05, 3.63) is 21.7 Å². The molecule has 33 heavy (non-hydrogen) atoms. The monoisotopic (exact) mass is 663 g/mol. The molecule has 0 fully saturated rings. The van der Waals surface area contributed by atoms with Gasteiger partial charge in [-0.3, -0.25) is 0 Å². The van der Waals surface area contributed by atoms with Crippen LogP contribution in [0.4, 0.5) is 0 Å². The van der Waals surface area contributed by atoms with Gasteiger partial charge in [-0.25, -0.2) is 0 Å². The van der Waals surface area contributed by atoms with Crippen molar-refractivity contribution in [3.63, 3.8) is 0 Å². The summed E-state index contributed by atoms with van der Waals surface area (Å²) in [4.78, 5) is 0. The van der Waals surface area contributed by atoms with Crippen LogP contribution in [0.2, 0.25) is 21.5 Å². The van der Waals surface area contributed by atoms with Gasteiger partial charge in [0, 0.05) is 0 Å². The Labute approximate surface area is 211 Å². The van der Waals surface area contributed by atoms with E-state index in [0.717, 1.165) is 12.8 Å². The predicted molar refractivity (Wildman–Crippen MR) is 144 cm³/mol. The van der Waals surface area contributed by atoms with Gasteiger partial charge in [-0.2, -0.15) is 0 Å². The first kappa shape index (κ1) is 31.3. The third kappa shape index (κ3) is 11.2. The Balaban J connectivity index is 2.40. The summed E-state index contributed by atoms with van der Waals surface area (Å²) in [6.07, 6.45) is 26.4. The molecule has 0 N–H and O–H groups in total. The molecule has 1 atom stereocenters. The zero-order valence-corrected chi connectivity index (χ0v) is 26.4. The molecule has 0 radical (unpaired) electrons. The molecular formula is C28H56O3PtSi. The van der Waals surface area contributed by atoms with Crippen molar-refractivity contribution >= 4 is 8.80 Å². The Kier molecular flexibility index (Phi) is 16.7. The molecule has 1 aliphatic rings. The van der Waals surface area contributed by atoms with E-state index in [1.807, 2.05) is 0 Å². The fourth-order valence-corrected chi connectivity index (χ4v) is 12.1. The quantitative estimate of drug-likeness (QED) is 0.0905. The van der Waals surface area contributed by atoms with Crippen LogP contribution in [0, 0.1) is 0 Å². The predicted octanol–water partition coefficient (Wildman–Crippen LogP) is 9.62. The molecule has 0 spiro atoms. The van der Waals surface area contributed by atoms with Gasteiger partial charge in [-0.1, -0.05) is 45.4 Å². The minimum absolute atomic E-state index is 0.270. The third-order valence-corrected chi connectivity index (χ3v) is 15.3. The molecule has 3 nitrogen and oxygen atoms in total. The standard InChI is InChI=1S/C25H47O3Si.3CH3.Pt/c1-5-6-7-8-9-10-11-12-13-14-15-16-17-18-23-25(24-21-19-20-22-24)29(26-2,27-3)28-4;;;;/h19,21,25H,5-18,20,23H2,1-4H3;3*1H3;. The molecule has 1 rings (SSSR count). The average Bonchev–Trinajstić information content (AvgIpc) is 3.29. The Hall–Kier alpha value is 0.265. The summed E-state index contributed by atoms with van der Waals surface area (Å²) in [5.74, 6) is 0. The zero-order valence-electron chi connectivity index (χ0n) is 23.1. The van der Waals surface area contributed by atoms with Crippen LogP contribution in [-0.2, 0) is 29.3 Å². The van der Waals surface area contributed by atoms with Crippen LogP contribution < -0.4 is 0 Å². The molecule has 0 aromatic rings. The molecule has 200 valence electrons. The first-order valence-electron chi connectivity index (χ1n) is 13.3. The molecule has 0 amide bonds. The molecule has 0 saturated carbocycles. The van der Waals surface area contributed by atoms with E-state index < -0.39 is 24.9 Å². The Morgan fingerprint density at radius 2 is 1.15 bits per heavy atom. The zero-order chi connectivity index (χ0) is 24.6. The third-order valence-electron chi connectivity index (χ3n) is 6.95. The first-order valence-corrected chi connectivity index (χ1v) is 23.0. The summed E-state index contributed by atoms with van der Waals surface area (Å²) in [5, 5.41) is 7.48. The van der Waals surface area contributed by atoms with Crippen LogP contribution in [-0.4, -0.2) is 30.1 Å². The number of hydrogen-bond donors (Lipinski definition) is 0. The van der Waals surface area contributed by atoms with Gasteiger partial charge in [0.05, 0.1) is 0 Å². The van der Waals surface area contributed by atoms with E-state index in [-0.39, 0.29) is 5.54 Å². The van der Waals surface area contributed by atoms with E-state index in [2.05, 4.69) is 35.0 Å². The van der Waals surface area contributed by atoms with Gasteiger partial charge < -0.3 is 0 Å². The number of rotatable bonds is 21. The summed E-state index contributed by atoms with van der Waals surface area (Å²) < 4.78 is 19.7. The van der Waals surface area contributed by atoms with Crippen LogP contribution in [0.5, 0.6) is 0 Å². The van der Waals surface area contributed by atoms with Crippen LogP contribution in [0.25, 0.3) is 0 Å². The van der Waals surface area contributed by atoms with E-state index in [1.165, 1.54) is 95.5 Å². The molecule has 0 saturated heterocycles. The van der Waals surface area contributed by atoms with Gasteiger partial charge in [0.25, 0.3) is 0 Å². The molecular weight excluding hydrogens is 607 g/mol. The molecule has 0 aromatic carbocycles. The topological polar surface area (TPSA) is 27.7 Å². The second kappa shape index (κ2) is 17.7. The Morgan fingerprint density at radius 3 is 1.55 bits per heavy atom. The summed E-state index contributed by atoms with van der Waals surface area (Å²) in [7, 11) is 2.60. The van der Waals surface area contributed by atoms with Gasteiger partial charge in [0.15, 0.2) is 0 Å². The summed E-state index contributed by atoms with van der Waals surface area (Å²) in [5.41, 5.74) is 1.76. The molecule has 1 aliphatic carbocycles. The van der Waals surface area contributed by atoms with E-state index in [9.17, 15) is 0 Å². The van der Waals surface area contributed by atoms with E-state index in [4.69, 9.17) is 13.3 Å².